The van der Waals surface area contributed by atoms with Crippen LogP contribution in [0.2, 0.25) is 0 Å². The SMILES string of the molecule is C=C(C)C(=O)OCCOC(=O)C(=C)C.COCCO. The molecule has 0 atom stereocenters. The van der Waals surface area contributed by atoms with Gasteiger partial charge in [0.2, 0.25) is 0 Å². The number of carbonyl (C=O) groups excluding carboxylic acids is 2. The van der Waals surface area contributed by atoms with Crippen LogP contribution in [-0.2, 0) is 23.8 Å². The summed E-state index contributed by atoms with van der Waals surface area (Å²) < 4.78 is 13.8. The largest absolute Gasteiger partial charge is 0.459 e. The Morgan fingerprint density at radius 1 is 0.947 bits per heavy atom. The number of hydrogen-bond acceptors (Lipinski definition) is 6. The second kappa shape index (κ2) is 12.8. The molecule has 0 aliphatic rings. The molecule has 0 saturated heterocycles. The Morgan fingerprint density at radius 2 is 1.32 bits per heavy atom. The molecular formula is C13H22O6. The molecule has 0 aromatic rings. The van der Waals surface area contributed by atoms with E-state index in [4.69, 9.17) is 5.11 Å². The highest BCUT2D eigenvalue weighted by molar-refractivity contribution is 5.87. The Balaban J connectivity index is 0. The van der Waals surface area contributed by atoms with Gasteiger partial charge in [-0.2, -0.15) is 0 Å². The molecule has 0 aromatic carbocycles. The summed E-state index contributed by atoms with van der Waals surface area (Å²) in [5, 5.41) is 7.94. The fourth-order valence-electron chi connectivity index (χ4n) is 0.606. The van der Waals surface area contributed by atoms with Gasteiger partial charge in [0.1, 0.15) is 13.2 Å². The lowest BCUT2D eigenvalue weighted by Crippen LogP contribution is -2.14. The van der Waals surface area contributed by atoms with Crippen LogP contribution in [0.5, 0.6) is 0 Å². The fourth-order valence-corrected chi connectivity index (χ4v) is 0.606. The Kier molecular flexibility index (Phi) is 13.2. The average Bonchev–Trinajstić information content (AvgIpc) is 2.35. The maximum atomic E-state index is 10.8. The van der Waals surface area contributed by atoms with E-state index < -0.39 is 11.9 Å². The summed E-state index contributed by atoms with van der Waals surface area (Å²) in [6.45, 7) is 10.5. The fraction of sp³-hybridized carbons (Fsp3) is 0.538. The third-order valence-corrected chi connectivity index (χ3v) is 1.54. The van der Waals surface area contributed by atoms with Crippen LogP contribution in [0, 0.1) is 0 Å². The van der Waals surface area contributed by atoms with Gasteiger partial charge in [-0.25, -0.2) is 9.59 Å². The zero-order chi connectivity index (χ0) is 15.3. The van der Waals surface area contributed by atoms with Crippen molar-refractivity contribution in [2.75, 3.05) is 33.5 Å². The topological polar surface area (TPSA) is 82.1 Å². The summed E-state index contributed by atoms with van der Waals surface area (Å²) in [6.07, 6.45) is 0. The van der Waals surface area contributed by atoms with Gasteiger partial charge in [0.15, 0.2) is 0 Å². The lowest BCUT2D eigenvalue weighted by atomic mass is 10.4. The minimum Gasteiger partial charge on any atom is -0.459 e. The van der Waals surface area contributed by atoms with Crippen LogP contribution in [0.15, 0.2) is 24.3 Å². The first-order valence-corrected chi connectivity index (χ1v) is 5.61. The van der Waals surface area contributed by atoms with Gasteiger partial charge in [-0.3, -0.25) is 0 Å². The molecule has 0 aromatic heterocycles. The van der Waals surface area contributed by atoms with Crippen molar-refractivity contribution in [3.8, 4) is 0 Å². The predicted molar refractivity (Wildman–Crippen MR) is 70.5 cm³/mol. The highest BCUT2D eigenvalue weighted by Crippen LogP contribution is 1.94. The summed E-state index contributed by atoms with van der Waals surface area (Å²) in [5.74, 6) is -0.979. The van der Waals surface area contributed by atoms with Crippen molar-refractivity contribution in [2.24, 2.45) is 0 Å². The number of aliphatic hydroxyl groups excluding tert-OH is 1. The predicted octanol–water partition coefficient (Wildman–Crippen LogP) is 0.850. The van der Waals surface area contributed by atoms with E-state index in [0.29, 0.717) is 17.8 Å². The third kappa shape index (κ3) is 14.3. The second-order valence-corrected chi connectivity index (χ2v) is 3.55. The van der Waals surface area contributed by atoms with Crippen molar-refractivity contribution in [3.05, 3.63) is 24.3 Å². The highest BCUT2D eigenvalue weighted by Gasteiger charge is 2.05. The van der Waals surface area contributed by atoms with Gasteiger partial charge < -0.3 is 19.3 Å². The summed E-state index contributed by atoms with van der Waals surface area (Å²) in [6, 6.07) is 0. The summed E-state index contributed by atoms with van der Waals surface area (Å²) in [7, 11) is 1.55. The van der Waals surface area contributed by atoms with E-state index in [0.717, 1.165) is 0 Å². The number of hydrogen-bond donors (Lipinski definition) is 1. The Morgan fingerprint density at radius 3 is 1.47 bits per heavy atom. The molecule has 1 N–H and O–H groups in total. The van der Waals surface area contributed by atoms with Gasteiger partial charge >= 0.3 is 11.9 Å². The zero-order valence-corrected chi connectivity index (χ0v) is 11.7. The highest BCUT2D eigenvalue weighted by atomic mass is 16.6. The lowest BCUT2D eigenvalue weighted by Gasteiger charge is -2.05. The van der Waals surface area contributed by atoms with E-state index >= 15 is 0 Å². The van der Waals surface area contributed by atoms with Crippen LogP contribution in [0.3, 0.4) is 0 Å². The quantitative estimate of drug-likeness (QED) is 0.421. The smallest absolute Gasteiger partial charge is 0.333 e. The number of methoxy groups -OCH3 is 1. The molecule has 0 fully saturated rings. The molecular weight excluding hydrogens is 252 g/mol. The minimum absolute atomic E-state index is 0.0325. The number of aliphatic hydroxyl groups is 1. The molecule has 110 valence electrons. The Labute approximate surface area is 113 Å². The molecule has 0 saturated carbocycles. The van der Waals surface area contributed by atoms with Crippen LogP contribution in [0.1, 0.15) is 13.8 Å². The number of carbonyl (C=O) groups is 2. The van der Waals surface area contributed by atoms with Gasteiger partial charge in [-0.05, 0) is 13.8 Å². The molecule has 0 aliphatic carbocycles. The second-order valence-electron chi connectivity index (χ2n) is 3.55. The first-order valence-electron chi connectivity index (χ1n) is 5.61. The molecule has 0 aliphatic heterocycles. The van der Waals surface area contributed by atoms with E-state index in [9.17, 15) is 9.59 Å². The number of ether oxygens (including phenoxy) is 3. The van der Waals surface area contributed by atoms with Crippen molar-refractivity contribution in [1.29, 1.82) is 0 Å². The van der Waals surface area contributed by atoms with Gasteiger partial charge in [-0.15, -0.1) is 0 Å². The number of esters is 2. The Bertz CT molecular complexity index is 278. The van der Waals surface area contributed by atoms with Crippen LogP contribution < -0.4 is 0 Å². The normalized spacial score (nSPS) is 8.84. The van der Waals surface area contributed by atoms with E-state index in [1.54, 1.807) is 21.0 Å². The maximum absolute atomic E-state index is 10.8. The summed E-state index contributed by atoms with van der Waals surface area (Å²) in [4.78, 5) is 21.7. The van der Waals surface area contributed by atoms with E-state index in [-0.39, 0.29) is 19.8 Å². The molecule has 0 rings (SSSR count). The first kappa shape index (κ1) is 19.7. The van der Waals surface area contributed by atoms with E-state index in [2.05, 4.69) is 27.4 Å². The first-order chi connectivity index (χ1) is 8.86. The summed E-state index contributed by atoms with van der Waals surface area (Å²) >= 11 is 0. The zero-order valence-electron chi connectivity index (χ0n) is 11.7. The van der Waals surface area contributed by atoms with Crippen molar-refractivity contribution >= 4 is 11.9 Å². The van der Waals surface area contributed by atoms with Crippen molar-refractivity contribution < 1.29 is 28.9 Å². The molecule has 19 heavy (non-hydrogen) atoms. The maximum Gasteiger partial charge on any atom is 0.333 e. The molecule has 0 unspecified atom stereocenters. The average molecular weight is 274 g/mol. The van der Waals surface area contributed by atoms with Crippen molar-refractivity contribution in [1.82, 2.24) is 0 Å². The molecule has 0 bridgehead atoms. The van der Waals surface area contributed by atoms with E-state index in [1.165, 1.54) is 0 Å². The molecule has 0 amide bonds. The van der Waals surface area contributed by atoms with Crippen molar-refractivity contribution in [3.63, 3.8) is 0 Å². The van der Waals surface area contributed by atoms with Gasteiger partial charge in [-0.1, -0.05) is 13.2 Å². The number of rotatable bonds is 7. The van der Waals surface area contributed by atoms with Gasteiger partial charge in [0, 0.05) is 18.3 Å². The van der Waals surface area contributed by atoms with Crippen molar-refractivity contribution in [2.45, 2.75) is 13.8 Å². The molecule has 6 nitrogen and oxygen atoms in total. The van der Waals surface area contributed by atoms with Crippen LogP contribution in [0.4, 0.5) is 0 Å². The van der Waals surface area contributed by atoms with Crippen LogP contribution >= 0.6 is 0 Å². The Hall–Kier alpha value is -1.66. The lowest BCUT2D eigenvalue weighted by molar-refractivity contribution is -0.147. The van der Waals surface area contributed by atoms with Gasteiger partial charge in [0.05, 0.1) is 13.2 Å². The monoisotopic (exact) mass is 274 g/mol. The van der Waals surface area contributed by atoms with E-state index in [1.807, 2.05) is 0 Å². The van der Waals surface area contributed by atoms with Crippen LogP contribution in [0.25, 0.3) is 0 Å². The van der Waals surface area contributed by atoms with Gasteiger partial charge in [0.25, 0.3) is 0 Å². The molecule has 6 heteroatoms. The standard InChI is InChI=1S/C10H14O4.C3H8O2/c1-7(2)9(11)13-5-6-14-10(12)8(3)4;1-5-3-2-4/h1,3,5-6H2,2,4H3;4H,2-3H2,1H3. The van der Waals surface area contributed by atoms with Crippen LogP contribution in [-0.4, -0.2) is 50.6 Å². The summed E-state index contributed by atoms with van der Waals surface area (Å²) in [5.41, 5.74) is 0.632. The third-order valence-electron chi connectivity index (χ3n) is 1.54. The molecule has 0 spiro atoms. The molecule has 0 heterocycles. The molecule has 0 radical (unpaired) electrons. The minimum atomic E-state index is -0.489.